The number of nitrogens with zero attached hydrogens (tertiary/aromatic N) is 1. The molecule has 0 aliphatic heterocycles. The maximum atomic E-state index is 5.58. The number of nitrogens with one attached hydrogen (secondary N) is 1. The van der Waals surface area contributed by atoms with Crippen LogP contribution in [0.5, 0.6) is 5.75 Å². The summed E-state index contributed by atoms with van der Waals surface area (Å²) in [6.07, 6.45) is 4.07. The van der Waals surface area contributed by atoms with E-state index in [1.54, 1.807) is 19.4 Å². The molecule has 0 amide bonds. The van der Waals surface area contributed by atoms with Gasteiger partial charge in [0.25, 0.3) is 0 Å². The third-order valence-electron chi connectivity index (χ3n) is 2.01. The third-order valence-corrected chi connectivity index (χ3v) is 2.01. The lowest BCUT2D eigenvalue weighted by Crippen LogP contribution is -2.05. The van der Waals surface area contributed by atoms with E-state index in [1.165, 1.54) is 12.8 Å². The lowest BCUT2D eigenvalue weighted by Gasteiger charge is -2.09. The lowest BCUT2D eigenvalue weighted by molar-refractivity contribution is 0.415. The standard InChI is InChI=1S/C9H13N3O/c1-13-8-4-6(10)5-11-9(8)12-7-2-3-7/h4-5,7H,2-3,10H2,1H3,(H,11,12). The highest BCUT2D eigenvalue weighted by molar-refractivity contribution is 5.57. The van der Waals surface area contributed by atoms with Crippen molar-refractivity contribution >= 4 is 11.5 Å². The molecule has 1 fully saturated rings. The number of nitrogens with two attached hydrogens (primary N) is 1. The summed E-state index contributed by atoms with van der Waals surface area (Å²) in [6.45, 7) is 0. The van der Waals surface area contributed by atoms with Crippen molar-refractivity contribution in [1.82, 2.24) is 4.98 Å². The van der Waals surface area contributed by atoms with Crippen LogP contribution >= 0.6 is 0 Å². The summed E-state index contributed by atoms with van der Waals surface area (Å²) < 4.78 is 5.15. The van der Waals surface area contributed by atoms with Crippen LogP contribution in [0.25, 0.3) is 0 Å². The molecule has 4 heteroatoms. The minimum Gasteiger partial charge on any atom is -0.493 e. The predicted octanol–water partition coefficient (Wildman–Crippen LogP) is 1.25. The first-order valence-electron chi connectivity index (χ1n) is 4.35. The topological polar surface area (TPSA) is 60.2 Å². The van der Waals surface area contributed by atoms with Crippen LogP contribution in [-0.2, 0) is 0 Å². The largest absolute Gasteiger partial charge is 0.493 e. The molecule has 1 aromatic heterocycles. The summed E-state index contributed by atoms with van der Waals surface area (Å²) in [4.78, 5) is 4.17. The average molecular weight is 179 g/mol. The molecule has 0 unspecified atom stereocenters. The van der Waals surface area contributed by atoms with Crippen LogP contribution < -0.4 is 15.8 Å². The first-order valence-corrected chi connectivity index (χ1v) is 4.35. The predicted molar refractivity (Wildman–Crippen MR) is 51.8 cm³/mol. The summed E-state index contributed by atoms with van der Waals surface area (Å²) >= 11 is 0. The van der Waals surface area contributed by atoms with Gasteiger partial charge in [0, 0.05) is 12.1 Å². The Bertz CT molecular complexity index is 310. The van der Waals surface area contributed by atoms with Crippen LogP contribution in [0, 0.1) is 0 Å². The number of ether oxygens (including phenoxy) is 1. The number of nitrogen functional groups attached to an aromatic ring is 1. The second kappa shape index (κ2) is 3.12. The van der Waals surface area contributed by atoms with Crippen molar-refractivity contribution in [2.45, 2.75) is 18.9 Å². The molecular weight excluding hydrogens is 166 g/mol. The van der Waals surface area contributed by atoms with Crippen LogP contribution in [0.15, 0.2) is 12.3 Å². The molecule has 1 heterocycles. The van der Waals surface area contributed by atoms with Gasteiger partial charge < -0.3 is 15.8 Å². The quantitative estimate of drug-likeness (QED) is 0.733. The molecule has 1 aliphatic carbocycles. The number of rotatable bonds is 3. The Morgan fingerprint density at radius 3 is 3.00 bits per heavy atom. The highest BCUT2D eigenvalue weighted by atomic mass is 16.5. The van der Waals surface area contributed by atoms with Crippen LogP contribution in [-0.4, -0.2) is 18.1 Å². The lowest BCUT2D eigenvalue weighted by atomic mass is 10.4. The molecule has 13 heavy (non-hydrogen) atoms. The maximum absolute atomic E-state index is 5.58. The smallest absolute Gasteiger partial charge is 0.169 e. The average Bonchev–Trinajstić information content (AvgIpc) is 2.92. The highest BCUT2D eigenvalue weighted by Gasteiger charge is 2.22. The molecule has 4 nitrogen and oxygen atoms in total. The molecule has 70 valence electrons. The monoisotopic (exact) mass is 179 g/mol. The minimum atomic E-state index is 0.574. The van der Waals surface area contributed by atoms with E-state index in [1.807, 2.05) is 0 Å². The Morgan fingerprint density at radius 2 is 2.38 bits per heavy atom. The van der Waals surface area contributed by atoms with Crippen molar-refractivity contribution in [3.63, 3.8) is 0 Å². The SMILES string of the molecule is COc1cc(N)cnc1NC1CC1. The van der Waals surface area contributed by atoms with E-state index < -0.39 is 0 Å². The van der Waals surface area contributed by atoms with E-state index in [0.29, 0.717) is 17.5 Å². The zero-order chi connectivity index (χ0) is 9.26. The van der Waals surface area contributed by atoms with Crippen LogP contribution in [0.2, 0.25) is 0 Å². The van der Waals surface area contributed by atoms with Gasteiger partial charge in [-0.05, 0) is 12.8 Å². The van der Waals surface area contributed by atoms with Crippen molar-refractivity contribution < 1.29 is 4.74 Å². The van der Waals surface area contributed by atoms with E-state index in [2.05, 4.69) is 10.3 Å². The van der Waals surface area contributed by atoms with Gasteiger partial charge in [-0.15, -0.1) is 0 Å². The van der Waals surface area contributed by atoms with E-state index >= 15 is 0 Å². The Hall–Kier alpha value is -1.45. The zero-order valence-electron chi connectivity index (χ0n) is 7.58. The number of hydrogen-bond donors (Lipinski definition) is 2. The Kier molecular flexibility index (Phi) is 1.96. The van der Waals surface area contributed by atoms with Crippen molar-refractivity contribution in [3.8, 4) is 5.75 Å². The van der Waals surface area contributed by atoms with Gasteiger partial charge in [0.1, 0.15) is 0 Å². The molecule has 1 saturated carbocycles. The van der Waals surface area contributed by atoms with Gasteiger partial charge in [-0.2, -0.15) is 0 Å². The first kappa shape index (κ1) is 8.16. The summed E-state index contributed by atoms with van der Waals surface area (Å²) in [5, 5.41) is 3.27. The van der Waals surface area contributed by atoms with Gasteiger partial charge in [-0.1, -0.05) is 0 Å². The molecular formula is C9H13N3O. The fraction of sp³-hybridized carbons (Fsp3) is 0.444. The number of hydrogen-bond acceptors (Lipinski definition) is 4. The molecule has 0 saturated heterocycles. The zero-order valence-corrected chi connectivity index (χ0v) is 7.58. The first-order chi connectivity index (χ1) is 6.29. The molecule has 2 rings (SSSR count). The number of methoxy groups -OCH3 is 1. The van der Waals surface area contributed by atoms with E-state index in [-0.39, 0.29) is 0 Å². The van der Waals surface area contributed by atoms with Gasteiger partial charge >= 0.3 is 0 Å². The van der Waals surface area contributed by atoms with Crippen LogP contribution in [0.1, 0.15) is 12.8 Å². The molecule has 3 N–H and O–H groups in total. The van der Waals surface area contributed by atoms with Crippen molar-refractivity contribution in [3.05, 3.63) is 12.3 Å². The second-order valence-corrected chi connectivity index (χ2v) is 3.24. The molecule has 1 aromatic rings. The number of pyridine rings is 1. The molecule has 0 atom stereocenters. The number of anilines is 2. The van der Waals surface area contributed by atoms with Gasteiger partial charge in [-0.25, -0.2) is 4.98 Å². The van der Waals surface area contributed by atoms with Crippen LogP contribution in [0.4, 0.5) is 11.5 Å². The highest BCUT2D eigenvalue weighted by Crippen LogP contribution is 2.29. The van der Waals surface area contributed by atoms with Crippen LogP contribution in [0.3, 0.4) is 0 Å². The summed E-state index contributed by atoms with van der Waals surface area (Å²) in [7, 11) is 1.62. The van der Waals surface area contributed by atoms with E-state index in [4.69, 9.17) is 10.5 Å². The Morgan fingerprint density at radius 1 is 1.62 bits per heavy atom. The van der Waals surface area contributed by atoms with Gasteiger partial charge in [0.15, 0.2) is 11.6 Å². The van der Waals surface area contributed by atoms with Gasteiger partial charge in [0.05, 0.1) is 19.0 Å². The summed E-state index contributed by atoms with van der Waals surface area (Å²) in [5.74, 6) is 1.51. The van der Waals surface area contributed by atoms with Gasteiger partial charge in [-0.3, -0.25) is 0 Å². The fourth-order valence-corrected chi connectivity index (χ4v) is 1.14. The second-order valence-electron chi connectivity index (χ2n) is 3.24. The minimum absolute atomic E-state index is 0.574. The van der Waals surface area contributed by atoms with Crippen molar-refractivity contribution in [1.29, 1.82) is 0 Å². The Balaban J connectivity index is 2.21. The van der Waals surface area contributed by atoms with Gasteiger partial charge in [0.2, 0.25) is 0 Å². The van der Waals surface area contributed by atoms with E-state index in [0.717, 1.165) is 5.82 Å². The number of aromatic nitrogens is 1. The Labute approximate surface area is 77.1 Å². The normalized spacial score (nSPS) is 15.5. The van der Waals surface area contributed by atoms with E-state index in [9.17, 15) is 0 Å². The molecule has 0 radical (unpaired) electrons. The maximum Gasteiger partial charge on any atom is 0.169 e. The summed E-state index contributed by atoms with van der Waals surface area (Å²) in [6, 6.07) is 2.35. The molecule has 0 spiro atoms. The summed E-state index contributed by atoms with van der Waals surface area (Å²) in [5.41, 5.74) is 6.20. The van der Waals surface area contributed by atoms with Crippen molar-refractivity contribution in [2.24, 2.45) is 0 Å². The van der Waals surface area contributed by atoms with Crippen molar-refractivity contribution in [2.75, 3.05) is 18.2 Å². The molecule has 0 bridgehead atoms. The fourth-order valence-electron chi connectivity index (χ4n) is 1.14. The third kappa shape index (κ3) is 1.83. The molecule has 0 aromatic carbocycles. The molecule has 1 aliphatic rings.